The van der Waals surface area contributed by atoms with Crippen molar-refractivity contribution < 1.29 is 14.3 Å². The molecule has 0 radical (unpaired) electrons. The highest BCUT2D eigenvalue weighted by molar-refractivity contribution is 5.59. The van der Waals surface area contributed by atoms with Crippen LogP contribution in [0.5, 0.6) is 11.5 Å². The van der Waals surface area contributed by atoms with E-state index >= 15 is 0 Å². The monoisotopic (exact) mass is 194 g/mol. The summed E-state index contributed by atoms with van der Waals surface area (Å²) in [4.78, 5) is 10.4. The molecule has 0 aliphatic carbocycles. The summed E-state index contributed by atoms with van der Waals surface area (Å²) in [6.45, 7) is 1.94. The van der Waals surface area contributed by atoms with Crippen LogP contribution in [0, 0.1) is 6.92 Å². The van der Waals surface area contributed by atoms with Crippen molar-refractivity contribution in [3.63, 3.8) is 0 Å². The van der Waals surface area contributed by atoms with Gasteiger partial charge >= 0.3 is 0 Å². The van der Waals surface area contributed by atoms with Gasteiger partial charge in [-0.25, -0.2) is 0 Å². The molecule has 0 N–H and O–H groups in total. The molecular weight excluding hydrogens is 180 g/mol. The molecule has 0 unspecified atom stereocenters. The first-order valence-corrected chi connectivity index (χ1v) is 4.38. The lowest BCUT2D eigenvalue weighted by Crippen LogP contribution is -1.96. The van der Waals surface area contributed by atoms with Crippen LogP contribution >= 0.6 is 0 Å². The molecule has 0 aliphatic heterocycles. The van der Waals surface area contributed by atoms with E-state index in [-0.39, 0.29) is 0 Å². The first-order valence-electron chi connectivity index (χ1n) is 4.38. The van der Waals surface area contributed by atoms with E-state index in [0.29, 0.717) is 6.42 Å². The van der Waals surface area contributed by atoms with E-state index in [0.717, 1.165) is 28.9 Å². The minimum atomic E-state index is 0.347. The van der Waals surface area contributed by atoms with Crippen LogP contribution in [-0.2, 0) is 11.2 Å². The van der Waals surface area contributed by atoms with Gasteiger partial charge in [0.15, 0.2) is 0 Å². The summed E-state index contributed by atoms with van der Waals surface area (Å²) < 4.78 is 10.3. The predicted octanol–water partition coefficient (Wildman–Crippen LogP) is 1.75. The summed E-state index contributed by atoms with van der Waals surface area (Å²) in [7, 11) is 3.20. The average Bonchev–Trinajstić information content (AvgIpc) is 2.20. The van der Waals surface area contributed by atoms with Gasteiger partial charge < -0.3 is 14.3 Å². The van der Waals surface area contributed by atoms with Gasteiger partial charge in [0.2, 0.25) is 0 Å². The highest BCUT2D eigenvalue weighted by atomic mass is 16.5. The Balaban J connectivity index is 3.17. The number of rotatable bonds is 4. The molecule has 0 atom stereocenters. The van der Waals surface area contributed by atoms with Gasteiger partial charge in [0.05, 0.1) is 14.2 Å². The van der Waals surface area contributed by atoms with Crippen molar-refractivity contribution in [2.75, 3.05) is 14.2 Å². The van der Waals surface area contributed by atoms with E-state index in [1.807, 2.05) is 19.1 Å². The number of ether oxygens (including phenoxy) is 2. The molecule has 0 saturated carbocycles. The molecule has 1 aromatic rings. The third-order valence-electron chi connectivity index (χ3n) is 2.10. The van der Waals surface area contributed by atoms with Crippen LogP contribution in [0.1, 0.15) is 11.1 Å². The molecule has 76 valence electrons. The van der Waals surface area contributed by atoms with E-state index in [1.165, 1.54) is 0 Å². The Morgan fingerprint density at radius 2 is 1.86 bits per heavy atom. The fourth-order valence-electron chi connectivity index (χ4n) is 1.36. The zero-order valence-electron chi connectivity index (χ0n) is 8.66. The van der Waals surface area contributed by atoms with E-state index in [2.05, 4.69) is 0 Å². The van der Waals surface area contributed by atoms with Crippen molar-refractivity contribution in [1.82, 2.24) is 0 Å². The maximum absolute atomic E-state index is 10.4. The van der Waals surface area contributed by atoms with E-state index in [9.17, 15) is 4.79 Å². The molecule has 0 fully saturated rings. The molecule has 0 aliphatic rings. The van der Waals surface area contributed by atoms with Gasteiger partial charge in [-0.15, -0.1) is 0 Å². The third-order valence-corrected chi connectivity index (χ3v) is 2.10. The fraction of sp³-hybridized carbons (Fsp3) is 0.364. The van der Waals surface area contributed by atoms with Crippen LogP contribution in [0.4, 0.5) is 0 Å². The van der Waals surface area contributed by atoms with E-state index in [4.69, 9.17) is 9.47 Å². The minimum Gasteiger partial charge on any atom is -0.496 e. The lowest BCUT2D eigenvalue weighted by Gasteiger charge is -2.11. The highest BCUT2D eigenvalue weighted by Gasteiger charge is 2.07. The Kier molecular flexibility index (Phi) is 3.51. The Morgan fingerprint density at radius 1 is 1.21 bits per heavy atom. The summed E-state index contributed by atoms with van der Waals surface area (Å²) in [6.07, 6.45) is 1.20. The van der Waals surface area contributed by atoms with Crippen molar-refractivity contribution in [3.05, 3.63) is 23.3 Å². The number of carbonyl (C=O) groups excluding carboxylic acids is 1. The maximum Gasteiger partial charge on any atom is 0.124 e. The summed E-state index contributed by atoms with van der Waals surface area (Å²) in [5.74, 6) is 1.51. The van der Waals surface area contributed by atoms with Crippen molar-refractivity contribution in [1.29, 1.82) is 0 Å². The number of methoxy groups -OCH3 is 2. The van der Waals surface area contributed by atoms with Crippen molar-refractivity contribution in [2.24, 2.45) is 0 Å². The Labute approximate surface area is 83.6 Å². The first kappa shape index (κ1) is 10.6. The van der Waals surface area contributed by atoms with Crippen molar-refractivity contribution in [2.45, 2.75) is 13.3 Å². The van der Waals surface area contributed by atoms with Crippen LogP contribution in [0.25, 0.3) is 0 Å². The summed E-state index contributed by atoms with van der Waals surface area (Å²) >= 11 is 0. The number of carbonyl (C=O) groups is 1. The number of hydrogen-bond acceptors (Lipinski definition) is 3. The molecule has 0 saturated heterocycles. The van der Waals surface area contributed by atoms with Gasteiger partial charge in [-0.2, -0.15) is 0 Å². The quantitative estimate of drug-likeness (QED) is 0.685. The van der Waals surface area contributed by atoms with Gasteiger partial charge in [-0.1, -0.05) is 0 Å². The maximum atomic E-state index is 10.4. The Bertz CT molecular complexity index is 332. The molecule has 0 spiro atoms. The van der Waals surface area contributed by atoms with Crippen LogP contribution < -0.4 is 9.47 Å². The van der Waals surface area contributed by atoms with Gasteiger partial charge in [0, 0.05) is 12.0 Å². The number of aryl methyl sites for hydroxylation is 1. The average molecular weight is 194 g/mol. The van der Waals surface area contributed by atoms with Crippen LogP contribution in [0.2, 0.25) is 0 Å². The molecule has 0 amide bonds. The summed E-state index contributed by atoms with van der Waals surface area (Å²) in [5, 5.41) is 0. The van der Waals surface area contributed by atoms with E-state index in [1.54, 1.807) is 14.2 Å². The topological polar surface area (TPSA) is 35.5 Å². The third kappa shape index (κ3) is 2.05. The summed E-state index contributed by atoms with van der Waals surface area (Å²) in [5.41, 5.74) is 1.85. The Hall–Kier alpha value is -1.51. The second kappa shape index (κ2) is 4.65. The molecule has 14 heavy (non-hydrogen) atoms. The molecule has 1 aromatic carbocycles. The van der Waals surface area contributed by atoms with E-state index < -0.39 is 0 Å². The first-order chi connectivity index (χ1) is 6.72. The van der Waals surface area contributed by atoms with Gasteiger partial charge in [-0.05, 0) is 24.6 Å². The molecular formula is C11H14O3. The lowest BCUT2D eigenvalue weighted by molar-refractivity contribution is -0.107. The van der Waals surface area contributed by atoms with Gasteiger partial charge in [0.1, 0.15) is 17.8 Å². The molecule has 0 aromatic heterocycles. The standard InChI is InChI=1S/C11H14O3/c1-8-6-11(14-3)9(4-5-12)7-10(8)13-2/h5-7H,4H2,1-3H3. The highest BCUT2D eigenvalue weighted by Crippen LogP contribution is 2.28. The summed E-state index contributed by atoms with van der Waals surface area (Å²) in [6, 6.07) is 3.71. The number of aldehydes is 1. The molecule has 0 bridgehead atoms. The SMILES string of the molecule is COc1cc(CC=O)c(OC)cc1C. The van der Waals surface area contributed by atoms with Gasteiger partial charge in [0.25, 0.3) is 0 Å². The zero-order chi connectivity index (χ0) is 10.6. The van der Waals surface area contributed by atoms with Crippen LogP contribution in [0.3, 0.4) is 0 Å². The van der Waals surface area contributed by atoms with Crippen LogP contribution in [0.15, 0.2) is 12.1 Å². The predicted molar refractivity (Wildman–Crippen MR) is 54.1 cm³/mol. The minimum absolute atomic E-state index is 0.347. The van der Waals surface area contributed by atoms with Gasteiger partial charge in [-0.3, -0.25) is 0 Å². The van der Waals surface area contributed by atoms with Crippen molar-refractivity contribution in [3.8, 4) is 11.5 Å². The number of hydrogen-bond donors (Lipinski definition) is 0. The second-order valence-corrected chi connectivity index (χ2v) is 3.00. The molecule has 1 rings (SSSR count). The van der Waals surface area contributed by atoms with Crippen molar-refractivity contribution >= 4 is 6.29 Å². The zero-order valence-corrected chi connectivity index (χ0v) is 8.66. The van der Waals surface area contributed by atoms with Crippen LogP contribution in [-0.4, -0.2) is 20.5 Å². The molecule has 3 nitrogen and oxygen atoms in total. The number of benzene rings is 1. The largest absolute Gasteiger partial charge is 0.496 e. The Morgan fingerprint density at radius 3 is 2.36 bits per heavy atom. The molecule has 0 heterocycles. The molecule has 3 heteroatoms. The lowest BCUT2D eigenvalue weighted by atomic mass is 10.1. The second-order valence-electron chi connectivity index (χ2n) is 3.00. The fourth-order valence-corrected chi connectivity index (χ4v) is 1.36. The smallest absolute Gasteiger partial charge is 0.124 e. The normalized spacial score (nSPS) is 9.64.